The molecular formula is C18H30N2O2. The molecular weight excluding hydrogens is 276 g/mol. The molecule has 1 aromatic heterocycles. The van der Waals surface area contributed by atoms with Crippen molar-refractivity contribution < 1.29 is 9.90 Å². The van der Waals surface area contributed by atoms with Crippen LogP contribution >= 0.6 is 0 Å². The molecule has 4 nitrogen and oxygen atoms in total. The van der Waals surface area contributed by atoms with Crippen LogP contribution in [0.25, 0.3) is 0 Å². The van der Waals surface area contributed by atoms with Crippen molar-refractivity contribution >= 4 is 5.78 Å². The van der Waals surface area contributed by atoms with Crippen molar-refractivity contribution in [1.82, 2.24) is 9.47 Å². The first kappa shape index (κ1) is 17.2. The van der Waals surface area contributed by atoms with Gasteiger partial charge in [0.05, 0.1) is 12.6 Å². The van der Waals surface area contributed by atoms with Crippen LogP contribution < -0.4 is 0 Å². The van der Waals surface area contributed by atoms with Crippen LogP contribution in [-0.4, -0.2) is 46.1 Å². The molecule has 1 aliphatic rings. The number of carbonyl (C=O) groups is 1. The average Bonchev–Trinajstić information content (AvgIpc) is 2.76. The van der Waals surface area contributed by atoms with Crippen LogP contribution in [0.15, 0.2) is 6.07 Å². The normalized spacial score (nSPS) is 18.6. The lowest BCUT2D eigenvalue weighted by molar-refractivity contribution is 0.0664. The Balaban J connectivity index is 1.97. The number of nitrogens with zero attached hydrogens (tertiary/aromatic N) is 2. The largest absolute Gasteiger partial charge is 0.393 e. The predicted octanol–water partition coefficient (Wildman–Crippen LogP) is 2.79. The van der Waals surface area contributed by atoms with E-state index in [1.807, 2.05) is 13.0 Å². The van der Waals surface area contributed by atoms with Crippen LogP contribution in [0.4, 0.5) is 0 Å². The second kappa shape index (κ2) is 7.42. The van der Waals surface area contributed by atoms with Crippen LogP contribution in [0.1, 0.15) is 54.9 Å². The number of aliphatic hydroxyl groups is 1. The summed E-state index contributed by atoms with van der Waals surface area (Å²) in [6.45, 7) is 11.5. The number of hydrogen-bond donors (Lipinski definition) is 1. The van der Waals surface area contributed by atoms with Crippen LogP contribution in [0, 0.1) is 19.8 Å². The smallest absolute Gasteiger partial charge is 0.178 e. The maximum absolute atomic E-state index is 12.6. The molecule has 1 aliphatic heterocycles. The van der Waals surface area contributed by atoms with Gasteiger partial charge >= 0.3 is 0 Å². The maximum Gasteiger partial charge on any atom is 0.178 e. The lowest BCUT2D eigenvalue weighted by Gasteiger charge is -2.32. The third-order valence-corrected chi connectivity index (χ3v) is 5.00. The minimum absolute atomic E-state index is 0.228. The van der Waals surface area contributed by atoms with E-state index in [1.54, 1.807) is 0 Å². The topological polar surface area (TPSA) is 45.5 Å². The minimum atomic E-state index is -0.231. The second-order valence-corrected chi connectivity index (χ2v) is 6.71. The Kier molecular flexibility index (Phi) is 5.81. The number of piperidine rings is 1. The summed E-state index contributed by atoms with van der Waals surface area (Å²) in [4.78, 5) is 14.8. The number of aliphatic hydroxyl groups excluding tert-OH is 1. The summed E-state index contributed by atoms with van der Waals surface area (Å²) in [6, 6.07) is 2.04. The molecule has 1 N–H and O–H groups in total. The van der Waals surface area contributed by atoms with Crippen LogP contribution in [0.3, 0.4) is 0 Å². The SMILES string of the molecule is CCCn1c(C)cc(C(=O)CN2CCC(C(C)O)CC2)c1C. The van der Waals surface area contributed by atoms with E-state index in [2.05, 4.69) is 30.2 Å². The lowest BCUT2D eigenvalue weighted by Crippen LogP contribution is -2.39. The summed E-state index contributed by atoms with van der Waals surface area (Å²) in [5.41, 5.74) is 3.15. The van der Waals surface area contributed by atoms with E-state index in [0.717, 1.165) is 50.2 Å². The Morgan fingerprint density at radius 3 is 2.55 bits per heavy atom. The van der Waals surface area contributed by atoms with Gasteiger partial charge in [0.1, 0.15) is 0 Å². The first-order valence-electron chi connectivity index (χ1n) is 8.54. The van der Waals surface area contributed by atoms with E-state index in [0.29, 0.717) is 12.5 Å². The molecule has 4 heteroatoms. The first-order valence-corrected chi connectivity index (χ1v) is 8.54. The fourth-order valence-electron chi connectivity index (χ4n) is 3.53. The second-order valence-electron chi connectivity index (χ2n) is 6.71. The van der Waals surface area contributed by atoms with E-state index >= 15 is 0 Å². The summed E-state index contributed by atoms with van der Waals surface area (Å²) in [5.74, 6) is 0.618. The number of hydrogen-bond acceptors (Lipinski definition) is 3. The van der Waals surface area contributed by atoms with Gasteiger partial charge in [-0.1, -0.05) is 6.92 Å². The third kappa shape index (κ3) is 3.79. The Morgan fingerprint density at radius 2 is 2.00 bits per heavy atom. The highest BCUT2D eigenvalue weighted by molar-refractivity contribution is 5.99. The molecule has 2 heterocycles. The highest BCUT2D eigenvalue weighted by Gasteiger charge is 2.25. The molecule has 0 amide bonds. The number of ketones is 1. The highest BCUT2D eigenvalue weighted by Crippen LogP contribution is 2.22. The van der Waals surface area contributed by atoms with Gasteiger partial charge in [0, 0.05) is 23.5 Å². The lowest BCUT2D eigenvalue weighted by atomic mass is 9.92. The molecule has 1 fully saturated rings. The maximum atomic E-state index is 12.6. The molecule has 1 unspecified atom stereocenters. The number of aryl methyl sites for hydroxylation is 1. The zero-order valence-electron chi connectivity index (χ0n) is 14.4. The standard InChI is InChI=1S/C18H30N2O2/c1-5-8-20-13(2)11-17(14(20)3)18(22)12-19-9-6-16(7-10-19)15(4)21/h11,15-16,21H,5-10,12H2,1-4H3. The van der Waals surface area contributed by atoms with Crippen molar-refractivity contribution in [2.45, 2.75) is 59.6 Å². The van der Waals surface area contributed by atoms with Crippen molar-refractivity contribution in [1.29, 1.82) is 0 Å². The van der Waals surface area contributed by atoms with Gasteiger partial charge in [0.25, 0.3) is 0 Å². The number of carbonyl (C=O) groups excluding carboxylic acids is 1. The molecule has 0 saturated carbocycles. The average molecular weight is 306 g/mol. The molecule has 124 valence electrons. The first-order chi connectivity index (χ1) is 10.4. The Labute approximate surface area is 134 Å². The monoisotopic (exact) mass is 306 g/mol. The van der Waals surface area contributed by atoms with E-state index in [4.69, 9.17) is 0 Å². The van der Waals surface area contributed by atoms with Crippen LogP contribution in [0.2, 0.25) is 0 Å². The molecule has 2 rings (SSSR count). The summed E-state index contributed by atoms with van der Waals surface area (Å²) >= 11 is 0. The molecule has 1 atom stereocenters. The molecule has 0 bridgehead atoms. The van der Waals surface area contributed by atoms with Gasteiger partial charge in [-0.05, 0) is 65.1 Å². The van der Waals surface area contributed by atoms with Crippen molar-refractivity contribution in [3.8, 4) is 0 Å². The van der Waals surface area contributed by atoms with E-state index in [9.17, 15) is 9.90 Å². The zero-order chi connectivity index (χ0) is 16.3. The Morgan fingerprint density at radius 1 is 1.36 bits per heavy atom. The molecule has 0 spiro atoms. The molecule has 0 aromatic carbocycles. The zero-order valence-corrected chi connectivity index (χ0v) is 14.4. The quantitative estimate of drug-likeness (QED) is 0.822. The summed E-state index contributed by atoms with van der Waals surface area (Å²) in [6.07, 6.45) is 2.82. The van der Waals surface area contributed by atoms with Gasteiger partial charge in [-0.25, -0.2) is 0 Å². The summed E-state index contributed by atoms with van der Waals surface area (Å²) < 4.78 is 2.24. The van der Waals surface area contributed by atoms with E-state index < -0.39 is 0 Å². The predicted molar refractivity (Wildman–Crippen MR) is 89.4 cm³/mol. The van der Waals surface area contributed by atoms with Crippen molar-refractivity contribution in [3.63, 3.8) is 0 Å². The number of rotatable bonds is 6. The third-order valence-electron chi connectivity index (χ3n) is 5.00. The van der Waals surface area contributed by atoms with Gasteiger partial charge in [-0.3, -0.25) is 9.69 Å². The summed E-state index contributed by atoms with van der Waals surface area (Å²) in [7, 11) is 0. The van der Waals surface area contributed by atoms with Crippen molar-refractivity contribution in [3.05, 3.63) is 23.0 Å². The highest BCUT2D eigenvalue weighted by atomic mass is 16.3. The fraction of sp³-hybridized carbons (Fsp3) is 0.722. The molecule has 0 aliphatic carbocycles. The molecule has 22 heavy (non-hydrogen) atoms. The van der Waals surface area contributed by atoms with Crippen LogP contribution in [-0.2, 0) is 6.54 Å². The van der Waals surface area contributed by atoms with Gasteiger partial charge in [-0.2, -0.15) is 0 Å². The summed E-state index contributed by atoms with van der Waals surface area (Å²) in [5, 5.41) is 9.66. The van der Waals surface area contributed by atoms with Gasteiger partial charge in [-0.15, -0.1) is 0 Å². The number of likely N-dealkylation sites (tertiary alicyclic amines) is 1. The molecule has 1 aromatic rings. The van der Waals surface area contributed by atoms with Gasteiger partial charge in [0.2, 0.25) is 0 Å². The number of aromatic nitrogens is 1. The fourth-order valence-corrected chi connectivity index (χ4v) is 3.53. The van der Waals surface area contributed by atoms with E-state index in [1.165, 1.54) is 5.69 Å². The van der Waals surface area contributed by atoms with Gasteiger partial charge in [0.15, 0.2) is 5.78 Å². The van der Waals surface area contributed by atoms with Gasteiger partial charge < -0.3 is 9.67 Å². The minimum Gasteiger partial charge on any atom is -0.393 e. The molecule has 0 radical (unpaired) electrons. The van der Waals surface area contributed by atoms with Crippen molar-refractivity contribution in [2.24, 2.45) is 5.92 Å². The van der Waals surface area contributed by atoms with Crippen molar-refractivity contribution in [2.75, 3.05) is 19.6 Å². The Hall–Kier alpha value is -1.13. The number of Topliss-reactive ketones (excluding diaryl/α,β-unsaturated/α-hetero) is 1. The molecule has 1 saturated heterocycles. The Bertz CT molecular complexity index is 511. The van der Waals surface area contributed by atoms with Crippen LogP contribution in [0.5, 0.6) is 0 Å². The van der Waals surface area contributed by atoms with E-state index in [-0.39, 0.29) is 11.9 Å².